The standard InChI is InChI=1S/C16H19NOS/c1-13-7-5-6-10-15(13)19(18)16(11-12-17)14-8-3-2-4-9-14/h2-10,16H,11-12,17H2,1H3. The lowest BCUT2D eigenvalue weighted by Crippen LogP contribution is -2.13. The number of nitrogens with two attached hydrogens (primary N) is 1. The molecule has 2 atom stereocenters. The lowest BCUT2D eigenvalue weighted by atomic mass is 10.1. The summed E-state index contributed by atoms with van der Waals surface area (Å²) < 4.78 is 12.8. The van der Waals surface area contributed by atoms with E-state index in [1.54, 1.807) is 0 Å². The van der Waals surface area contributed by atoms with Crippen molar-refractivity contribution in [1.29, 1.82) is 0 Å². The van der Waals surface area contributed by atoms with Crippen LogP contribution in [0.25, 0.3) is 0 Å². The number of rotatable bonds is 5. The van der Waals surface area contributed by atoms with Crippen LogP contribution in [-0.4, -0.2) is 10.8 Å². The molecule has 100 valence electrons. The minimum Gasteiger partial charge on any atom is -0.330 e. The molecule has 0 aliphatic rings. The molecule has 0 saturated heterocycles. The van der Waals surface area contributed by atoms with E-state index in [1.165, 1.54) is 0 Å². The predicted octanol–water partition coefficient (Wildman–Crippen LogP) is 3.19. The monoisotopic (exact) mass is 273 g/mol. The van der Waals surface area contributed by atoms with Crippen LogP contribution in [-0.2, 0) is 10.8 Å². The maximum Gasteiger partial charge on any atom is 0.0655 e. The lowest BCUT2D eigenvalue weighted by Gasteiger charge is -2.17. The van der Waals surface area contributed by atoms with Gasteiger partial charge in [-0.2, -0.15) is 0 Å². The Balaban J connectivity index is 2.35. The summed E-state index contributed by atoms with van der Waals surface area (Å²) in [6.07, 6.45) is 0.727. The van der Waals surface area contributed by atoms with Gasteiger partial charge in [0.25, 0.3) is 0 Å². The summed E-state index contributed by atoms with van der Waals surface area (Å²) in [5.41, 5.74) is 7.85. The second kappa shape index (κ2) is 6.64. The summed E-state index contributed by atoms with van der Waals surface area (Å²) in [4.78, 5) is 0.907. The molecule has 0 radical (unpaired) electrons. The van der Waals surface area contributed by atoms with E-state index in [-0.39, 0.29) is 5.25 Å². The summed E-state index contributed by atoms with van der Waals surface area (Å²) in [6.45, 7) is 2.54. The van der Waals surface area contributed by atoms with E-state index in [9.17, 15) is 4.21 Å². The SMILES string of the molecule is Cc1ccccc1S(=O)C(CCN)c1ccccc1. The van der Waals surface area contributed by atoms with Gasteiger partial charge in [-0.25, -0.2) is 0 Å². The summed E-state index contributed by atoms with van der Waals surface area (Å²) in [5, 5.41) is -0.0349. The Morgan fingerprint density at radius 3 is 2.32 bits per heavy atom. The molecule has 0 amide bonds. The van der Waals surface area contributed by atoms with Crippen LogP contribution in [0.1, 0.15) is 22.8 Å². The smallest absolute Gasteiger partial charge is 0.0655 e. The van der Waals surface area contributed by atoms with Crippen molar-refractivity contribution in [3.8, 4) is 0 Å². The minimum atomic E-state index is -1.06. The molecule has 2 nitrogen and oxygen atoms in total. The molecule has 2 rings (SSSR count). The number of benzene rings is 2. The fourth-order valence-corrected chi connectivity index (χ4v) is 3.81. The maximum atomic E-state index is 12.8. The van der Waals surface area contributed by atoms with Gasteiger partial charge in [-0.05, 0) is 37.1 Å². The molecular formula is C16H19NOS. The second-order valence-corrected chi connectivity index (χ2v) is 6.14. The average Bonchev–Trinajstić information content (AvgIpc) is 2.45. The molecule has 0 saturated carbocycles. The molecule has 3 heteroatoms. The van der Waals surface area contributed by atoms with Crippen LogP contribution >= 0.6 is 0 Å². The van der Waals surface area contributed by atoms with E-state index in [0.717, 1.165) is 22.4 Å². The van der Waals surface area contributed by atoms with Gasteiger partial charge < -0.3 is 5.73 Å². The highest BCUT2D eigenvalue weighted by Gasteiger charge is 2.20. The van der Waals surface area contributed by atoms with Crippen molar-refractivity contribution in [3.05, 3.63) is 65.7 Å². The van der Waals surface area contributed by atoms with E-state index in [4.69, 9.17) is 5.73 Å². The van der Waals surface area contributed by atoms with Gasteiger partial charge in [0.2, 0.25) is 0 Å². The van der Waals surface area contributed by atoms with Crippen molar-refractivity contribution in [2.45, 2.75) is 23.5 Å². The maximum absolute atomic E-state index is 12.8. The molecule has 0 fully saturated rings. The number of hydrogen-bond donors (Lipinski definition) is 1. The molecule has 19 heavy (non-hydrogen) atoms. The molecule has 2 N–H and O–H groups in total. The molecule has 2 aromatic carbocycles. The number of hydrogen-bond acceptors (Lipinski definition) is 2. The Hall–Kier alpha value is -1.45. The molecule has 2 unspecified atom stereocenters. The molecule has 0 spiro atoms. The Bertz CT molecular complexity index is 554. The van der Waals surface area contributed by atoms with Crippen molar-refractivity contribution in [3.63, 3.8) is 0 Å². The molecular weight excluding hydrogens is 254 g/mol. The third-order valence-corrected chi connectivity index (χ3v) is 5.09. The first kappa shape index (κ1) is 14.0. The van der Waals surface area contributed by atoms with Gasteiger partial charge in [-0.15, -0.1) is 0 Å². The fourth-order valence-electron chi connectivity index (χ4n) is 2.15. The highest BCUT2D eigenvalue weighted by molar-refractivity contribution is 7.85. The summed E-state index contributed by atoms with van der Waals surface area (Å²) in [6, 6.07) is 17.8. The second-order valence-electron chi connectivity index (χ2n) is 4.54. The van der Waals surface area contributed by atoms with E-state index in [2.05, 4.69) is 0 Å². The van der Waals surface area contributed by atoms with Gasteiger partial charge in [-0.3, -0.25) is 4.21 Å². The van der Waals surface area contributed by atoms with E-state index in [1.807, 2.05) is 61.5 Å². The van der Waals surface area contributed by atoms with E-state index in [0.29, 0.717) is 6.54 Å². The predicted molar refractivity (Wildman–Crippen MR) is 80.4 cm³/mol. The Morgan fingerprint density at radius 1 is 1.05 bits per heavy atom. The zero-order valence-electron chi connectivity index (χ0n) is 11.1. The Morgan fingerprint density at radius 2 is 1.68 bits per heavy atom. The van der Waals surface area contributed by atoms with Crippen molar-refractivity contribution in [2.24, 2.45) is 5.73 Å². The first-order chi connectivity index (χ1) is 9.24. The largest absolute Gasteiger partial charge is 0.330 e. The van der Waals surface area contributed by atoms with Crippen LogP contribution in [0.15, 0.2) is 59.5 Å². The van der Waals surface area contributed by atoms with Crippen LogP contribution in [0, 0.1) is 6.92 Å². The van der Waals surface area contributed by atoms with Crippen LogP contribution in [0.5, 0.6) is 0 Å². The van der Waals surface area contributed by atoms with Gasteiger partial charge in [0, 0.05) is 4.90 Å². The summed E-state index contributed by atoms with van der Waals surface area (Å²) in [7, 11) is -1.06. The van der Waals surface area contributed by atoms with E-state index < -0.39 is 10.8 Å². The zero-order valence-corrected chi connectivity index (χ0v) is 11.9. The van der Waals surface area contributed by atoms with Gasteiger partial charge in [0.15, 0.2) is 0 Å². The summed E-state index contributed by atoms with van der Waals surface area (Å²) >= 11 is 0. The molecule has 0 aliphatic carbocycles. The van der Waals surface area contributed by atoms with Gasteiger partial charge in [-0.1, -0.05) is 48.5 Å². The lowest BCUT2D eigenvalue weighted by molar-refractivity contribution is 0.663. The molecule has 0 bridgehead atoms. The zero-order chi connectivity index (χ0) is 13.7. The van der Waals surface area contributed by atoms with Crippen LogP contribution in [0.3, 0.4) is 0 Å². The van der Waals surface area contributed by atoms with Crippen LogP contribution in [0.4, 0.5) is 0 Å². The average molecular weight is 273 g/mol. The third kappa shape index (κ3) is 3.31. The molecule has 2 aromatic rings. The quantitative estimate of drug-likeness (QED) is 0.909. The highest BCUT2D eigenvalue weighted by atomic mass is 32.2. The normalized spacial score (nSPS) is 14.0. The van der Waals surface area contributed by atoms with Gasteiger partial charge in [0.1, 0.15) is 0 Å². The Kier molecular flexibility index (Phi) is 4.88. The van der Waals surface area contributed by atoms with Crippen molar-refractivity contribution in [1.82, 2.24) is 0 Å². The molecule has 0 aromatic heterocycles. The minimum absolute atomic E-state index is 0.0349. The van der Waals surface area contributed by atoms with Crippen molar-refractivity contribution in [2.75, 3.05) is 6.54 Å². The number of aryl methyl sites for hydroxylation is 1. The van der Waals surface area contributed by atoms with Crippen molar-refractivity contribution < 1.29 is 4.21 Å². The van der Waals surface area contributed by atoms with Crippen LogP contribution in [0.2, 0.25) is 0 Å². The Labute approximate surface area is 117 Å². The van der Waals surface area contributed by atoms with Gasteiger partial charge in [0.05, 0.1) is 16.0 Å². The van der Waals surface area contributed by atoms with E-state index >= 15 is 0 Å². The first-order valence-electron chi connectivity index (χ1n) is 6.45. The van der Waals surface area contributed by atoms with Crippen LogP contribution < -0.4 is 5.73 Å². The van der Waals surface area contributed by atoms with Crippen molar-refractivity contribution >= 4 is 10.8 Å². The topological polar surface area (TPSA) is 43.1 Å². The third-order valence-electron chi connectivity index (χ3n) is 3.17. The first-order valence-corrected chi connectivity index (χ1v) is 7.66. The molecule has 0 heterocycles. The highest BCUT2D eigenvalue weighted by Crippen LogP contribution is 2.29. The summed E-state index contributed by atoms with van der Waals surface area (Å²) in [5.74, 6) is 0. The fraction of sp³-hybridized carbons (Fsp3) is 0.250. The molecule has 0 aliphatic heterocycles. The van der Waals surface area contributed by atoms with Gasteiger partial charge >= 0.3 is 0 Å².